The topological polar surface area (TPSA) is 98.5 Å². The summed E-state index contributed by atoms with van der Waals surface area (Å²) in [7, 11) is 0. The first-order valence-electron chi connectivity index (χ1n) is 7.80. The molecule has 0 aliphatic carbocycles. The second kappa shape index (κ2) is 8.99. The molecule has 7 nitrogen and oxygen atoms in total. The van der Waals surface area contributed by atoms with Gasteiger partial charge in [-0.2, -0.15) is 0 Å². The van der Waals surface area contributed by atoms with Crippen LogP contribution in [0.2, 0.25) is 0 Å². The first-order chi connectivity index (χ1) is 12.5. The summed E-state index contributed by atoms with van der Waals surface area (Å²) in [5, 5.41) is 13.4. The highest BCUT2D eigenvalue weighted by Crippen LogP contribution is 2.16. The Morgan fingerprint density at radius 3 is 2.65 bits per heavy atom. The smallest absolute Gasteiger partial charge is 0.315 e. The van der Waals surface area contributed by atoms with E-state index in [1.807, 2.05) is 0 Å². The Balaban J connectivity index is 2.17. The summed E-state index contributed by atoms with van der Waals surface area (Å²) in [6, 6.07) is 12.8. The third kappa shape index (κ3) is 5.46. The van der Waals surface area contributed by atoms with Crippen LogP contribution in [0.4, 0.5) is 11.4 Å². The zero-order valence-corrected chi connectivity index (χ0v) is 14.0. The first-order valence-corrected chi connectivity index (χ1v) is 7.80. The largest absolute Gasteiger partial charge is 0.466 e. The number of ether oxygens (including phenoxy) is 1. The fourth-order valence-electron chi connectivity index (χ4n) is 2.08. The zero-order chi connectivity index (χ0) is 18.9. The molecular weight excluding hydrogens is 336 g/mol. The van der Waals surface area contributed by atoms with Crippen LogP contribution >= 0.6 is 0 Å². The molecule has 0 spiro atoms. The third-order valence-corrected chi connectivity index (χ3v) is 3.21. The molecule has 26 heavy (non-hydrogen) atoms. The van der Waals surface area contributed by atoms with Crippen LogP contribution in [0, 0.1) is 22.0 Å². The van der Waals surface area contributed by atoms with E-state index in [9.17, 15) is 19.7 Å². The molecule has 0 aliphatic heterocycles. The molecule has 132 valence electrons. The van der Waals surface area contributed by atoms with Crippen molar-refractivity contribution >= 4 is 23.3 Å². The van der Waals surface area contributed by atoms with E-state index in [4.69, 9.17) is 4.74 Å². The predicted octanol–water partition coefficient (Wildman–Crippen LogP) is 2.89. The van der Waals surface area contributed by atoms with Crippen molar-refractivity contribution in [1.82, 2.24) is 0 Å². The molecule has 0 fully saturated rings. The SMILES string of the molecule is CCOC(=O)CC(=O)Nc1ccccc1C#Cc1cccc([N+](=O)[O-])c1. The van der Waals surface area contributed by atoms with Crippen molar-refractivity contribution in [2.24, 2.45) is 0 Å². The predicted molar refractivity (Wildman–Crippen MR) is 95.4 cm³/mol. The van der Waals surface area contributed by atoms with Gasteiger partial charge in [0.1, 0.15) is 6.42 Å². The number of hydrogen-bond acceptors (Lipinski definition) is 5. The van der Waals surface area contributed by atoms with Gasteiger partial charge in [-0.15, -0.1) is 0 Å². The number of nitrogens with zero attached hydrogens (tertiary/aromatic N) is 1. The zero-order valence-electron chi connectivity index (χ0n) is 14.0. The maximum Gasteiger partial charge on any atom is 0.315 e. The molecule has 0 aliphatic rings. The molecule has 1 amide bonds. The van der Waals surface area contributed by atoms with Crippen molar-refractivity contribution in [3.63, 3.8) is 0 Å². The van der Waals surface area contributed by atoms with Gasteiger partial charge in [0.05, 0.1) is 17.2 Å². The molecule has 7 heteroatoms. The second-order valence-electron chi connectivity index (χ2n) is 5.13. The normalized spacial score (nSPS) is 9.58. The van der Waals surface area contributed by atoms with Gasteiger partial charge in [0.25, 0.3) is 5.69 Å². The Morgan fingerprint density at radius 1 is 1.15 bits per heavy atom. The van der Waals surface area contributed by atoms with Crippen LogP contribution in [-0.4, -0.2) is 23.4 Å². The number of carbonyl (C=O) groups is 2. The molecule has 1 N–H and O–H groups in total. The van der Waals surface area contributed by atoms with Crippen LogP contribution in [0.3, 0.4) is 0 Å². The standard InChI is InChI=1S/C19H16N2O5/c1-2-26-19(23)13-18(22)20-17-9-4-3-7-15(17)11-10-14-6-5-8-16(12-14)21(24)25/h3-9,12H,2,13H2,1H3,(H,20,22). The number of rotatable bonds is 5. The summed E-state index contributed by atoms with van der Waals surface area (Å²) in [5.74, 6) is 4.60. The lowest BCUT2D eigenvalue weighted by molar-refractivity contribution is -0.384. The highest BCUT2D eigenvalue weighted by atomic mass is 16.6. The van der Waals surface area contributed by atoms with Crippen LogP contribution in [-0.2, 0) is 14.3 Å². The summed E-state index contributed by atoms with van der Waals surface area (Å²) < 4.78 is 4.73. The van der Waals surface area contributed by atoms with E-state index in [1.54, 1.807) is 43.3 Å². The first kappa shape index (κ1) is 18.7. The maximum atomic E-state index is 11.9. The second-order valence-corrected chi connectivity index (χ2v) is 5.13. The summed E-state index contributed by atoms with van der Waals surface area (Å²) in [4.78, 5) is 33.6. The van der Waals surface area contributed by atoms with Crippen LogP contribution in [0.25, 0.3) is 0 Å². The lowest BCUT2D eigenvalue weighted by atomic mass is 10.1. The van der Waals surface area contributed by atoms with Crippen molar-refractivity contribution in [2.45, 2.75) is 13.3 Å². The minimum atomic E-state index is -0.606. The Morgan fingerprint density at radius 2 is 1.92 bits per heavy atom. The molecule has 0 radical (unpaired) electrons. The summed E-state index contributed by atoms with van der Waals surface area (Å²) >= 11 is 0. The Kier molecular flexibility index (Phi) is 6.46. The van der Waals surface area contributed by atoms with Gasteiger partial charge in [0, 0.05) is 23.3 Å². The molecule has 0 bridgehead atoms. The number of hydrogen-bond donors (Lipinski definition) is 1. The molecule has 2 aromatic rings. The number of nitrogens with one attached hydrogen (secondary N) is 1. The summed E-state index contributed by atoms with van der Waals surface area (Å²) in [5.41, 5.74) is 1.40. The van der Waals surface area contributed by atoms with Gasteiger partial charge in [-0.1, -0.05) is 30.0 Å². The molecule has 2 rings (SSSR count). The van der Waals surface area contributed by atoms with E-state index in [0.29, 0.717) is 16.8 Å². The van der Waals surface area contributed by atoms with E-state index in [1.165, 1.54) is 12.1 Å². The Bertz CT molecular complexity index is 896. The van der Waals surface area contributed by atoms with Gasteiger partial charge in [0.15, 0.2) is 0 Å². The number of carbonyl (C=O) groups excluding carboxylic acids is 2. The fraction of sp³-hybridized carbons (Fsp3) is 0.158. The number of benzene rings is 2. The Hall–Kier alpha value is -3.66. The van der Waals surface area contributed by atoms with Gasteiger partial charge in [0.2, 0.25) is 5.91 Å². The molecule has 0 atom stereocenters. The third-order valence-electron chi connectivity index (χ3n) is 3.21. The van der Waals surface area contributed by atoms with E-state index in [2.05, 4.69) is 17.2 Å². The minimum Gasteiger partial charge on any atom is -0.466 e. The van der Waals surface area contributed by atoms with Gasteiger partial charge in [-0.25, -0.2) is 0 Å². The lowest BCUT2D eigenvalue weighted by Gasteiger charge is -2.07. The average Bonchev–Trinajstić information content (AvgIpc) is 2.61. The van der Waals surface area contributed by atoms with Crippen molar-refractivity contribution < 1.29 is 19.2 Å². The Labute approximate surface area is 150 Å². The number of amides is 1. The lowest BCUT2D eigenvalue weighted by Crippen LogP contribution is -2.18. The summed E-state index contributed by atoms with van der Waals surface area (Å²) in [6.45, 7) is 1.87. The fourth-order valence-corrected chi connectivity index (χ4v) is 2.08. The molecule has 0 aromatic heterocycles. The molecule has 0 saturated carbocycles. The number of nitro benzene ring substituents is 1. The van der Waals surface area contributed by atoms with Gasteiger partial charge in [-0.3, -0.25) is 19.7 Å². The van der Waals surface area contributed by atoms with Gasteiger partial charge >= 0.3 is 5.97 Å². The van der Waals surface area contributed by atoms with E-state index >= 15 is 0 Å². The number of anilines is 1. The quantitative estimate of drug-likeness (QED) is 0.293. The molecular formula is C19H16N2O5. The molecule has 2 aromatic carbocycles. The van der Waals surface area contributed by atoms with Crippen molar-refractivity contribution in [3.05, 3.63) is 69.8 Å². The van der Waals surface area contributed by atoms with Crippen LogP contribution in [0.1, 0.15) is 24.5 Å². The van der Waals surface area contributed by atoms with Crippen LogP contribution in [0.5, 0.6) is 0 Å². The maximum absolute atomic E-state index is 11.9. The van der Waals surface area contributed by atoms with Crippen LogP contribution < -0.4 is 5.32 Å². The number of para-hydroxylation sites is 1. The number of esters is 1. The monoisotopic (exact) mass is 352 g/mol. The molecule has 0 unspecified atom stereocenters. The van der Waals surface area contributed by atoms with Gasteiger partial charge in [-0.05, 0) is 25.1 Å². The number of nitro groups is 1. The van der Waals surface area contributed by atoms with Crippen molar-refractivity contribution in [2.75, 3.05) is 11.9 Å². The molecule has 0 heterocycles. The van der Waals surface area contributed by atoms with Crippen molar-refractivity contribution in [3.8, 4) is 11.8 Å². The minimum absolute atomic E-state index is 0.0483. The number of non-ortho nitro benzene ring substituents is 1. The van der Waals surface area contributed by atoms with E-state index < -0.39 is 16.8 Å². The van der Waals surface area contributed by atoms with E-state index in [-0.39, 0.29) is 18.7 Å². The highest BCUT2D eigenvalue weighted by Gasteiger charge is 2.11. The van der Waals surface area contributed by atoms with Gasteiger partial charge < -0.3 is 10.1 Å². The van der Waals surface area contributed by atoms with Crippen molar-refractivity contribution in [1.29, 1.82) is 0 Å². The van der Waals surface area contributed by atoms with E-state index in [0.717, 1.165) is 0 Å². The average molecular weight is 352 g/mol. The molecule has 0 saturated heterocycles. The highest BCUT2D eigenvalue weighted by molar-refractivity contribution is 6.02. The van der Waals surface area contributed by atoms with Crippen LogP contribution in [0.15, 0.2) is 48.5 Å². The summed E-state index contributed by atoms with van der Waals surface area (Å²) in [6.07, 6.45) is -0.388.